The molecule has 3 N–H and O–H groups in total. The number of ether oxygens (including phenoxy) is 1. The average Bonchev–Trinajstić information content (AvgIpc) is 2.42. The van der Waals surface area contributed by atoms with Gasteiger partial charge >= 0.3 is 0 Å². The zero-order valence-electron chi connectivity index (χ0n) is 11.9. The maximum atomic E-state index is 11.8. The summed E-state index contributed by atoms with van der Waals surface area (Å²) in [5.41, 5.74) is 6.06. The largest absolute Gasteiger partial charge is 0.484 e. The molecule has 0 fully saturated rings. The quantitative estimate of drug-likeness (QED) is 0.542. The molecule has 0 atom stereocenters. The molecule has 0 saturated carbocycles. The predicted octanol–water partition coefficient (Wildman–Crippen LogP) is 3.26. The number of hydrogen-bond acceptors (Lipinski definition) is 3. The van der Waals surface area contributed by atoms with E-state index in [1.54, 1.807) is 12.1 Å². The first-order valence-corrected chi connectivity index (χ1v) is 7.34. The summed E-state index contributed by atoms with van der Waals surface area (Å²) in [6.45, 7) is 2.31. The Morgan fingerprint density at radius 2 is 2.05 bits per heavy atom. The van der Waals surface area contributed by atoms with Crippen LogP contribution in [-0.4, -0.2) is 17.5 Å². The second-order valence-electron chi connectivity index (χ2n) is 4.61. The maximum absolute atomic E-state index is 11.8. The van der Waals surface area contributed by atoms with Gasteiger partial charge in [0.15, 0.2) is 0 Å². The second kappa shape index (κ2) is 9.31. The van der Waals surface area contributed by atoms with Crippen LogP contribution >= 0.6 is 12.2 Å². The van der Waals surface area contributed by atoms with E-state index in [-0.39, 0.29) is 17.5 Å². The van der Waals surface area contributed by atoms with Gasteiger partial charge in [-0.2, -0.15) is 0 Å². The van der Waals surface area contributed by atoms with Crippen molar-refractivity contribution in [3.63, 3.8) is 0 Å². The number of carbonyl (C=O) groups excluding carboxylic acids is 1. The molecule has 0 bridgehead atoms. The van der Waals surface area contributed by atoms with Gasteiger partial charge in [-0.15, -0.1) is 0 Å². The molecule has 1 aromatic rings. The number of amides is 1. The summed E-state index contributed by atoms with van der Waals surface area (Å²) in [5, 5.41) is 2.86. The maximum Gasteiger partial charge on any atom is 0.224 e. The summed E-state index contributed by atoms with van der Waals surface area (Å²) in [6.07, 6.45) is 4.86. The molecular weight excluding hydrogens is 272 g/mol. The van der Waals surface area contributed by atoms with Crippen molar-refractivity contribution in [3.8, 4) is 5.75 Å². The highest BCUT2D eigenvalue weighted by Crippen LogP contribution is 2.24. The van der Waals surface area contributed by atoms with Crippen LogP contribution in [-0.2, 0) is 4.79 Å². The molecule has 0 aromatic heterocycles. The van der Waals surface area contributed by atoms with E-state index in [2.05, 4.69) is 12.2 Å². The van der Waals surface area contributed by atoms with Crippen LogP contribution in [0.3, 0.4) is 0 Å². The van der Waals surface area contributed by atoms with Crippen LogP contribution < -0.4 is 15.8 Å². The second-order valence-corrected chi connectivity index (χ2v) is 5.13. The lowest BCUT2D eigenvalue weighted by atomic mass is 10.1. The lowest BCUT2D eigenvalue weighted by Crippen LogP contribution is -2.19. The van der Waals surface area contributed by atoms with Crippen LogP contribution in [0.1, 0.15) is 39.0 Å². The molecule has 0 saturated heterocycles. The molecule has 5 heteroatoms. The first kappa shape index (κ1) is 16.4. The molecule has 0 radical (unpaired) electrons. The molecule has 0 spiro atoms. The number of nitrogens with one attached hydrogen (secondary N) is 1. The zero-order valence-corrected chi connectivity index (χ0v) is 12.7. The highest BCUT2D eigenvalue weighted by atomic mass is 32.1. The fourth-order valence-electron chi connectivity index (χ4n) is 1.77. The number of hydrogen-bond donors (Lipinski definition) is 2. The molecular formula is C15H22N2O2S. The lowest BCUT2D eigenvalue weighted by molar-refractivity contribution is -0.116. The number of para-hydroxylation sites is 2. The van der Waals surface area contributed by atoms with Crippen LogP contribution in [0, 0.1) is 0 Å². The van der Waals surface area contributed by atoms with Crippen LogP contribution in [0.2, 0.25) is 0 Å². The third-order valence-electron chi connectivity index (χ3n) is 2.79. The Balaban J connectivity index is 2.49. The molecule has 20 heavy (non-hydrogen) atoms. The highest BCUT2D eigenvalue weighted by Gasteiger charge is 2.07. The Bertz CT molecular complexity index is 449. The van der Waals surface area contributed by atoms with Gasteiger partial charge in [-0.3, -0.25) is 4.79 Å². The van der Waals surface area contributed by atoms with Crippen LogP contribution in [0.15, 0.2) is 24.3 Å². The van der Waals surface area contributed by atoms with Crippen molar-refractivity contribution < 1.29 is 9.53 Å². The van der Waals surface area contributed by atoms with Gasteiger partial charge in [0.2, 0.25) is 5.91 Å². The van der Waals surface area contributed by atoms with Gasteiger partial charge in [-0.1, -0.05) is 50.5 Å². The number of anilines is 1. The SMILES string of the molecule is CCCCCCC(=O)Nc1ccccc1OCC(N)=S. The van der Waals surface area contributed by atoms with E-state index >= 15 is 0 Å². The van der Waals surface area contributed by atoms with Gasteiger partial charge in [0.1, 0.15) is 17.3 Å². The molecule has 110 valence electrons. The van der Waals surface area contributed by atoms with E-state index in [9.17, 15) is 4.79 Å². The average molecular weight is 294 g/mol. The Kier molecular flexibility index (Phi) is 7.65. The molecule has 0 heterocycles. The van der Waals surface area contributed by atoms with E-state index in [4.69, 9.17) is 22.7 Å². The number of carbonyl (C=O) groups is 1. The van der Waals surface area contributed by atoms with Crippen molar-refractivity contribution in [1.82, 2.24) is 0 Å². The minimum atomic E-state index is 0.00692. The van der Waals surface area contributed by atoms with E-state index < -0.39 is 0 Å². The minimum Gasteiger partial charge on any atom is -0.484 e. The number of rotatable bonds is 9. The smallest absolute Gasteiger partial charge is 0.224 e. The summed E-state index contributed by atoms with van der Waals surface area (Å²) in [5.74, 6) is 0.592. The van der Waals surface area contributed by atoms with Crippen LogP contribution in [0.5, 0.6) is 5.75 Å². The lowest BCUT2D eigenvalue weighted by Gasteiger charge is -2.11. The fraction of sp³-hybridized carbons (Fsp3) is 0.467. The Labute approximate surface area is 125 Å². The predicted molar refractivity (Wildman–Crippen MR) is 86.1 cm³/mol. The third-order valence-corrected chi connectivity index (χ3v) is 2.91. The summed E-state index contributed by atoms with van der Waals surface area (Å²) in [7, 11) is 0. The number of benzene rings is 1. The van der Waals surface area contributed by atoms with Crippen molar-refractivity contribution >= 4 is 28.8 Å². The number of nitrogens with two attached hydrogens (primary N) is 1. The van der Waals surface area contributed by atoms with Gasteiger partial charge in [0.05, 0.1) is 5.69 Å². The monoisotopic (exact) mass is 294 g/mol. The Morgan fingerprint density at radius 1 is 1.30 bits per heavy atom. The van der Waals surface area contributed by atoms with Gasteiger partial charge in [0, 0.05) is 6.42 Å². The minimum absolute atomic E-state index is 0.00692. The topological polar surface area (TPSA) is 64.3 Å². The third kappa shape index (κ3) is 6.52. The molecule has 0 aliphatic rings. The molecule has 0 aliphatic carbocycles. The van der Waals surface area contributed by atoms with E-state index in [0.29, 0.717) is 17.9 Å². The van der Waals surface area contributed by atoms with Crippen LogP contribution in [0.25, 0.3) is 0 Å². The van der Waals surface area contributed by atoms with Gasteiger partial charge in [-0.25, -0.2) is 0 Å². The van der Waals surface area contributed by atoms with E-state index in [1.807, 2.05) is 12.1 Å². The summed E-state index contributed by atoms with van der Waals surface area (Å²) in [6, 6.07) is 7.27. The van der Waals surface area contributed by atoms with E-state index in [0.717, 1.165) is 19.3 Å². The summed E-state index contributed by atoms with van der Waals surface area (Å²) in [4.78, 5) is 12.1. The molecule has 0 unspecified atom stereocenters. The van der Waals surface area contributed by atoms with Gasteiger partial charge in [-0.05, 0) is 18.6 Å². The van der Waals surface area contributed by atoms with Gasteiger partial charge in [0.25, 0.3) is 0 Å². The summed E-state index contributed by atoms with van der Waals surface area (Å²) >= 11 is 4.77. The molecule has 1 amide bonds. The van der Waals surface area contributed by atoms with Crippen molar-refractivity contribution in [2.24, 2.45) is 5.73 Å². The first-order chi connectivity index (χ1) is 9.63. The fourth-order valence-corrected chi connectivity index (χ4v) is 1.83. The van der Waals surface area contributed by atoms with Crippen molar-refractivity contribution in [1.29, 1.82) is 0 Å². The van der Waals surface area contributed by atoms with Crippen LogP contribution in [0.4, 0.5) is 5.69 Å². The standard InChI is InChI=1S/C15H22N2O2S/c1-2-3-4-5-10-15(18)17-12-8-6-7-9-13(12)19-11-14(16)20/h6-9H,2-5,10-11H2,1H3,(H2,16,20)(H,17,18). The Morgan fingerprint density at radius 3 is 2.75 bits per heavy atom. The molecule has 1 rings (SSSR count). The number of unbranched alkanes of at least 4 members (excludes halogenated alkanes) is 3. The molecule has 4 nitrogen and oxygen atoms in total. The van der Waals surface area contributed by atoms with Crippen molar-refractivity contribution in [2.75, 3.05) is 11.9 Å². The van der Waals surface area contributed by atoms with E-state index in [1.165, 1.54) is 6.42 Å². The number of thiocarbonyl (C=S) groups is 1. The normalized spacial score (nSPS) is 10.1. The van der Waals surface area contributed by atoms with Crippen molar-refractivity contribution in [3.05, 3.63) is 24.3 Å². The molecule has 1 aromatic carbocycles. The van der Waals surface area contributed by atoms with Crippen molar-refractivity contribution in [2.45, 2.75) is 39.0 Å². The molecule has 0 aliphatic heterocycles. The highest BCUT2D eigenvalue weighted by molar-refractivity contribution is 7.80. The van der Waals surface area contributed by atoms with Gasteiger partial charge < -0.3 is 15.8 Å². The zero-order chi connectivity index (χ0) is 14.8. The summed E-state index contributed by atoms with van der Waals surface area (Å²) < 4.78 is 5.46. The Hall–Kier alpha value is -1.62. The first-order valence-electron chi connectivity index (χ1n) is 6.93.